The molecule has 1 aliphatic heterocycles. The molecule has 1 fully saturated rings. The number of piperidine rings is 1. The van der Waals surface area contributed by atoms with Crippen LogP contribution in [0.1, 0.15) is 25.7 Å². The molecule has 0 aromatic carbocycles. The van der Waals surface area contributed by atoms with Crippen molar-refractivity contribution in [3.8, 4) is 0 Å². The van der Waals surface area contributed by atoms with E-state index in [4.69, 9.17) is 10.5 Å². The van der Waals surface area contributed by atoms with Crippen molar-refractivity contribution in [1.29, 1.82) is 0 Å². The molecule has 0 radical (unpaired) electrons. The Morgan fingerprint density at radius 1 is 1.35 bits per heavy atom. The van der Waals surface area contributed by atoms with Crippen LogP contribution in [0.4, 0.5) is 0 Å². The van der Waals surface area contributed by atoms with Gasteiger partial charge < -0.3 is 15.2 Å². The fourth-order valence-corrected chi connectivity index (χ4v) is 3.50. The number of ether oxygens (including phenoxy) is 2. The minimum absolute atomic E-state index is 0.105. The number of nitrogens with two attached hydrogens (primary N) is 1. The Kier molecular flexibility index (Phi) is 7.42. The second-order valence-electron chi connectivity index (χ2n) is 4.75. The van der Waals surface area contributed by atoms with Gasteiger partial charge in [0.05, 0.1) is 25.4 Å². The van der Waals surface area contributed by atoms with E-state index in [-0.39, 0.29) is 18.3 Å². The molecule has 118 valence electrons. The van der Waals surface area contributed by atoms with Crippen molar-refractivity contribution in [1.82, 2.24) is 4.31 Å². The monoisotopic (exact) mass is 308 g/mol. The van der Waals surface area contributed by atoms with Crippen LogP contribution in [0.2, 0.25) is 0 Å². The van der Waals surface area contributed by atoms with E-state index in [1.807, 2.05) is 0 Å². The van der Waals surface area contributed by atoms with Gasteiger partial charge >= 0.3 is 5.97 Å². The lowest BCUT2D eigenvalue weighted by molar-refractivity contribution is -0.140. The third-order valence-corrected chi connectivity index (χ3v) is 5.16. The van der Waals surface area contributed by atoms with E-state index in [0.717, 1.165) is 6.42 Å². The van der Waals surface area contributed by atoms with Crippen molar-refractivity contribution in [3.63, 3.8) is 0 Å². The van der Waals surface area contributed by atoms with Gasteiger partial charge in [-0.25, -0.2) is 12.7 Å². The van der Waals surface area contributed by atoms with Crippen molar-refractivity contribution in [2.75, 3.05) is 39.1 Å². The lowest BCUT2D eigenvalue weighted by Gasteiger charge is -2.31. The van der Waals surface area contributed by atoms with Gasteiger partial charge in [-0.2, -0.15) is 0 Å². The Labute approximate surface area is 120 Å². The second-order valence-corrected chi connectivity index (χ2v) is 6.84. The van der Waals surface area contributed by atoms with Crippen molar-refractivity contribution >= 4 is 16.0 Å². The van der Waals surface area contributed by atoms with Gasteiger partial charge in [0.25, 0.3) is 0 Å². The van der Waals surface area contributed by atoms with Crippen LogP contribution in [-0.2, 0) is 24.3 Å². The summed E-state index contributed by atoms with van der Waals surface area (Å²) in [5.41, 5.74) is 5.39. The predicted octanol–water partition coefficient (Wildman–Crippen LogP) is -0.291. The highest BCUT2D eigenvalue weighted by atomic mass is 32.2. The average molecular weight is 308 g/mol. The van der Waals surface area contributed by atoms with Crippen molar-refractivity contribution in [2.24, 2.45) is 5.73 Å². The molecular weight excluding hydrogens is 284 g/mol. The molecule has 0 amide bonds. The number of rotatable bonds is 8. The van der Waals surface area contributed by atoms with Gasteiger partial charge in [0.15, 0.2) is 0 Å². The quantitative estimate of drug-likeness (QED) is 0.488. The summed E-state index contributed by atoms with van der Waals surface area (Å²) in [6, 6.07) is 0. The van der Waals surface area contributed by atoms with Gasteiger partial charge in [0, 0.05) is 19.7 Å². The zero-order chi connectivity index (χ0) is 15.0. The Morgan fingerprint density at radius 2 is 2.00 bits per heavy atom. The van der Waals surface area contributed by atoms with Gasteiger partial charge in [-0.1, -0.05) is 0 Å². The van der Waals surface area contributed by atoms with Gasteiger partial charge in [-0.15, -0.1) is 0 Å². The summed E-state index contributed by atoms with van der Waals surface area (Å²) in [6.45, 7) is 2.10. The molecule has 1 aliphatic rings. The lowest BCUT2D eigenvalue weighted by Crippen LogP contribution is -2.42. The summed E-state index contributed by atoms with van der Waals surface area (Å²) in [5, 5.41) is 0. The van der Waals surface area contributed by atoms with Crippen LogP contribution >= 0.6 is 0 Å². The normalized spacial score (nSPS) is 18.1. The van der Waals surface area contributed by atoms with Crippen LogP contribution in [0.5, 0.6) is 0 Å². The summed E-state index contributed by atoms with van der Waals surface area (Å²) in [7, 11) is -2.13. The van der Waals surface area contributed by atoms with Crippen LogP contribution in [0.15, 0.2) is 0 Å². The molecule has 1 rings (SSSR count). The van der Waals surface area contributed by atoms with Crippen LogP contribution in [-0.4, -0.2) is 63.9 Å². The van der Waals surface area contributed by atoms with E-state index in [0.29, 0.717) is 39.1 Å². The molecule has 0 saturated carbocycles. The molecule has 0 aliphatic carbocycles. The largest absolute Gasteiger partial charge is 0.469 e. The number of carbonyl (C=O) groups excluding carboxylic acids is 1. The third kappa shape index (κ3) is 5.74. The first-order valence-corrected chi connectivity index (χ1v) is 8.47. The topological polar surface area (TPSA) is 98.9 Å². The van der Waals surface area contributed by atoms with E-state index in [1.165, 1.54) is 11.4 Å². The van der Waals surface area contributed by atoms with Gasteiger partial charge in [0.2, 0.25) is 10.0 Å². The van der Waals surface area contributed by atoms with Crippen LogP contribution < -0.4 is 5.73 Å². The van der Waals surface area contributed by atoms with E-state index < -0.39 is 16.0 Å². The standard InChI is InChI=1S/C12H24N2O5S/c1-18-12(15)5-10-20(16,17)14-7-3-11(4-8-14)19-9-2-6-13/h11H,2-10,13H2,1H3. The fraction of sp³-hybridized carbons (Fsp3) is 0.917. The molecule has 1 heterocycles. The zero-order valence-electron chi connectivity index (χ0n) is 11.9. The molecular formula is C12H24N2O5S. The van der Waals surface area contributed by atoms with Crippen molar-refractivity contribution < 1.29 is 22.7 Å². The first-order valence-electron chi connectivity index (χ1n) is 6.86. The Bertz CT molecular complexity index is 391. The number of carbonyl (C=O) groups is 1. The minimum Gasteiger partial charge on any atom is -0.469 e. The molecule has 7 nitrogen and oxygen atoms in total. The van der Waals surface area contributed by atoms with Crippen LogP contribution in [0, 0.1) is 0 Å². The molecule has 20 heavy (non-hydrogen) atoms. The van der Waals surface area contributed by atoms with E-state index in [9.17, 15) is 13.2 Å². The Morgan fingerprint density at radius 3 is 2.55 bits per heavy atom. The molecule has 0 aromatic heterocycles. The van der Waals surface area contributed by atoms with Gasteiger partial charge in [-0.05, 0) is 25.8 Å². The average Bonchev–Trinajstić information content (AvgIpc) is 2.45. The second kappa shape index (κ2) is 8.56. The third-order valence-electron chi connectivity index (χ3n) is 3.29. The highest BCUT2D eigenvalue weighted by Crippen LogP contribution is 2.17. The number of hydrogen-bond acceptors (Lipinski definition) is 6. The Hall–Kier alpha value is -0.700. The highest BCUT2D eigenvalue weighted by Gasteiger charge is 2.28. The van der Waals surface area contributed by atoms with Crippen LogP contribution in [0.3, 0.4) is 0 Å². The van der Waals surface area contributed by atoms with E-state index in [2.05, 4.69) is 4.74 Å². The summed E-state index contributed by atoms with van der Waals surface area (Å²) >= 11 is 0. The van der Waals surface area contributed by atoms with Crippen molar-refractivity contribution in [2.45, 2.75) is 31.8 Å². The number of hydrogen-bond donors (Lipinski definition) is 1. The van der Waals surface area contributed by atoms with Crippen molar-refractivity contribution in [3.05, 3.63) is 0 Å². The highest BCUT2D eigenvalue weighted by molar-refractivity contribution is 7.89. The molecule has 0 aromatic rings. The lowest BCUT2D eigenvalue weighted by atomic mass is 10.1. The smallest absolute Gasteiger partial charge is 0.306 e. The molecule has 0 bridgehead atoms. The number of sulfonamides is 1. The molecule has 1 saturated heterocycles. The summed E-state index contributed by atoms with van der Waals surface area (Å²) < 4.78 is 35.6. The number of nitrogens with zero attached hydrogens (tertiary/aromatic N) is 1. The Balaban J connectivity index is 2.34. The molecule has 0 spiro atoms. The summed E-state index contributed by atoms with van der Waals surface area (Å²) in [4.78, 5) is 11.0. The van der Waals surface area contributed by atoms with E-state index >= 15 is 0 Å². The van der Waals surface area contributed by atoms with Crippen LogP contribution in [0.25, 0.3) is 0 Å². The molecule has 8 heteroatoms. The van der Waals surface area contributed by atoms with E-state index in [1.54, 1.807) is 0 Å². The summed E-state index contributed by atoms with van der Waals surface area (Å²) in [5.74, 6) is -0.702. The fourth-order valence-electron chi connectivity index (χ4n) is 2.05. The maximum Gasteiger partial charge on any atom is 0.306 e. The zero-order valence-corrected chi connectivity index (χ0v) is 12.7. The maximum atomic E-state index is 12.0. The number of esters is 1. The van der Waals surface area contributed by atoms with Gasteiger partial charge in [-0.3, -0.25) is 4.79 Å². The minimum atomic E-state index is -3.38. The maximum absolute atomic E-state index is 12.0. The molecule has 2 N–H and O–H groups in total. The first-order chi connectivity index (χ1) is 9.49. The molecule has 0 atom stereocenters. The summed E-state index contributed by atoms with van der Waals surface area (Å²) in [6.07, 6.45) is 2.18. The number of methoxy groups -OCH3 is 1. The molecule has 0 unspecified atom stereocenters. The SMILES string of the molecule is COC(=O)CCS(=O)(=O)N1CCC(OCCCN)CC1. The first kappa shape index (κ1) is 17.4. The predicted molar refractivity (Wildman–Crippen MR) is 74.6 cm³/mol. The van der Waals surface area contributed by atoms with Gasteiger partial charge in [0.1, 0.15) is 0 Å².